The van der Waals surface area contributed by atoms with Gasteiger partial charge in [-0.3, -0.25) is 4.79 Å². The highest BCUT2D eigenvalue weighted by molar-refractivity contribution is 6.33. The molecule has 2 N–H and O–H groups in total. The van der Waals surface area contributed by atoms with E-state index in [-0.39, 0.29) is 30.7 Å². The highest BCUT2D eigenvalue weighted by Crippen LogP contribution is 2.30. The smallest absolute Gasteiger partial charge is 0.257 e. The van der Waals surface area contributed by atoms with Gasteiger partial charge in [0.2, 0.25) is 0 Å². The summed E-state index contributed by atoms with van der Waals surface area (Å²) in [6.07, 6.45) is 2.11. The largest absolute Gasteiger partial charge is 0.496 e. The number of ether oxygens (including phenoxy) is 1. The first-order valence-electron chi connectivity index (χ1n) is 7.02. The van der Waals surface area contributed by atoms with Gasteiger partial charge in [0.1, 0.15) is 5.75 Å². The number of anilines is 1. The summed E-state index contributed by atoms with van der Waals surface area (Å²) in [4.78, 5) is 16.8. The van der Waals surface area contributed by atoms with E-state index in [2.05, 4.69) is 4.90 Å². The fourth-order valence-corrected chi connectivity index (χ4v) is 2.80. The van der Waals surface area contributed by atoms with Crippen molar-refractivity contribution >= 4 is 48.0 Å². The van der Waals surface area contributed by atoms with Gasteiger partial charge in [-0.25, -0.2) is 0 Å². The van der Waals surface area contributed by atoms with E-state index in [1.54, 1.807) is 12.1 Å². The molecule has 0 spiro atoms. The van der Waals surface area contributed by atoms with Crippen LogP contribution in [0.15, 0.2) is 12.1 Å². The van der Waals surface area contributed by atoms with Gasteiger partial charge in [0, 0.05) is 25.2 Å². The van der Waals surface area contributed by atoms with Crippen LogP contribution in [-0.2, 0) is 0 Å². The van der Waals surface area contributed by atoms with Crippen molar-refractivity contribution in [2.45, 2.75) is 18.9 Å². The molecule has 1 heterocycles. The van der Waals surface area contributed by atoms with Crippen LogP contribution in [0.5, 0.6) is 5.75 Å². The highest BCUT2D eigenvalue weighted by Gasteiger charge is 2.27. The summed E-state index contributed by atoms with van der Waals surface area (Å²) in [5, 5.41) is 0.375. The van der Waals surface area contributed by atoms with Crippen LogP contribution < -0.4 is 10.5 Å². The summed E-state index contributed by atoms with van der Waals surface area (Å²) >= 11 is 6.05. The molecule has 0 radical (unpaired) electrons. The molecular weight excluding hydrogens is 361 g/mol. The standard InChI is InChI=1S/C15H22ClN3O2.2ClH/c1-18(2)10-5-4-6-19(9-10)15(20)11-7-12(16)13(17)8-14(11)21-3;;/h7-8,10H,4-6,9,17H2,1-3H3;2*1H. The lowest BCUT2D eigenvalue weighted by Gasteiger charge is -2.36. The minimum Gasteiger partial charge on any atom is -0.496 e. The van der Waals surface area contributed by atoms with Gasteiger partial charge in [0.05, 0.1) is 23.4 Å². The third-order valence-electron chi connectivity index (χ3n) is 3.96. The molecule has 1 aliphatic rings. The second kappa shape index (κ2) is 9.42. The van der Waals surface area contributed by atoms with Gasteiger partial charge in [-0.05, 0) is 33.0 Å². The molecule has 0 bridgehead atoms. The average Bonchev–Trinajstić information content (AvgIpc) is 2.48. The summed E-state index contributed by atoms with van der Waals surface area (Å²) in [7, 11) is 5.61. The molecule has 1 unspecified atom stereocenters. The summed E-state index contributed by atoms with van der Waals surface area (Å²) in [6, 6.07) is 3.58. The molecule has 0 aromatic heterocycles. The number of nitrogens with two attached hydrogens (primary N) is 1. The third kappa shape index (κ3) is 5.05. The van der Waals surface area contributed by atoms with Gasteiger partial charge < -0.3 is 20.3 Å². The van der Waals surface area contributed by atoms with E-state index in [1.807, 2.05) is 19.0 Å². The number of amides is 1. The number of piperidine rings is 1. The van der Waals surface area contributed by atoms with Crippen molar-refractivity contribution in [1.29, 1.82) is 0 Å². The number of likely N-dealkylation sites (tertiary alicyclic amines) is 1. The number of likely N-dealkylation sites (N-methyl/N-ethyl adjacent to an activating group) is 1. The number of nitrogen functional groups attached to an aromatic ring is 1. The van der Waals surface area contributed by atoms with E-state index in [1.165, 1.54) is 7.11 Å². The zero-order valence-electron chi connectivity index (χ0n) is 13.5. The Bertz CT molecular complexity index is 541. The fourth-order valence-electron chi connectivity index (χ4n) is 2.64. The minimum atomic E-state index is -0.0553. The Morgan fingerprint density at radius 3 is 2.61 bits per heavy atom. The second-order valence-corrected chi connectivity index (χ2v) is 5.99. The van der Waals surface area contributed by atoms with E-state index >= 15 is 0 Å². The van der Waals surface area contributed by atoms with E-state index in [0.29, 0.717) is 28.1 Å². The fraction of sp³-hybridized carbons (Fsp3) is 0.533. The van der Waals surface area contributed by atoms with Crippen molar-refractivity contribution in [3.8, 4) is 5.75 Å². The van der Waals surface area contributed by atoms with Crippen LogP contribution in [0.25, 0.3) is 0 Å². The van der Waals surface area contributed by atoms with Gasteiger partial charge >= 0.3 is 0 Å². The normalized spacial score (nSPS) is 17.3. The molecule has 1 atom stereocenters. The van der Waals surface area contributed by atoms with E-state index in [9.17, 15) is 4.79 Å². The predicted octanol–water partition coefficient (Wildman–Crippen LogP) is 2.94. The number of hydrogen-bond donors (Lipinski definition) is 1. The average molecular weight is 385 g/mol. The van der Waals surface area contributed by atoms with Gasteiger partial charge in [0.15, 0.2) is 0 Å². The minimum absolute atomic E-state index is 0. The van der Waals surface area contributed by atoms with Gasteiger partial charge in [0.25, 0.3) is 5.91 Å². The van der Waals surface area contributed by atoms with Crippen LogP contribution >= 0.6 is 36.4 Å². The number of methoxy groups -OCH3 is 1. The number of benzene rings is 1. The van der Waals surface area contributed by atoms with E-state index in [0.717, 1.165) is 25.9 Å². The van der Waals surface area contributed by atoms with Crippen molar-refractivity contribution < 1.29 is 9.53 Å². The number of carbonyl (C=O) groups is 1. The number of rotatable bonds is 3. The second-order valence-electron chi connectivity index (χ2n) is 5.58. The Morgan fingerprint density at radius 2 is 2.04 bits per heavy atom. The molecule has 1 amide bonds. The van der Waals surface area contributed by atoms with Crippen molar-refractivity contribution in [3.05, 3.63) is 22.7 Å². The first-order valence-corrected chi connectivity index (χ1v) is 7.40. The van der Waals surface area contributed by atoms with Gasteiger partial charge in [-0.1, -0.05) is 11.6 Å². The molecule has 132 valence electrons. The van der Waals surface area contributed by atoms with Crippen molar-refractivity contribution in [3.63, 3.8) is 0 Å². The topological polar surface area (TPSA) is 58.8 Å². The van der Waals surface area contributed by atoms with E-state index in [4.69, 9.17) is 22.1 Å². The number of halogens is 3. The number of carbonyl (C=O) groups excluding carboxylic acids is 1. The van der Waals surface area contributed by atoms with Crippen molar-refractivity contribution in [2.24, 2.45) is 0 Å². The quantitative estimate of drug-likeness (QED) is 0.814. The SMILES string of the molecule is COc1cc(N)c(Cl)cc1C(=O)N1CCCC(N(C)C)C1.Cl.Cl. The number of nitrogens with zero attached hydrogens (tertiary/aromatic N) is 2. The van der Waals surface area contributed by atoms with Crippen LogP contribution in [0.4, 0.5) is 5.69 Å². The molecule has 1 fully saturated rings. The van der Waals surface area contributed by atoms with Gasteiger partial charge in [-0.15, -0.1) is 24.8 Å². The summed E-state index contributed by atoms with van der Waals surface area (Å²) < 4.78 is 5.27. The lowest BCUT2D eigenvalue weighted by atomic mass is 10.0. The lowest BCUT2D eigenvalue weighted by molar-refractivity contribution is 0.0632. The Kier molecular flexibility index (Phi) is 9.06. The molecule has 5 nitrogen and oxygen atoms in total. The molecule has 1 aromatic rings. The zero-order valence-corrected chi connectivity index (χ0v) is 15.9. The molecule has 23 heavy (non-hydrogen) atoms. The maximum atomic E-state index is 12.7. The molecular formula is C15H24Cl3N3O2. The highest BCUT2D eigenvalue weighted by atomic mass is 35.5. The lowest BCUT2D eigenvalue weighted by Crippen LogP contribution is -2.47. The molecule has 0 saturated carbocycles. The van der Waals surface area contributed by atoms with Crippen molar-refractivity contribution in [2.75, 3.05) is 40.0 Å². The van der Waals surface area contributed by atoms with Crippen LogP contribution in [0.3, 0.4) is 0 Å². The summed E-state index contributed by atoms with van der Waals surface area (Å²) in [5.41, 5.74) is 6.64. The summed E-state index contributed by atoms with van der Waals surface area (Å²) in [5.74, 6) is 0.411. The summed E-state index contributed by atoms with van der Waals surface area (Å²) in [6.45, 7) is 1.48. The molecule has 2 rings (SSSR count). The van der Waals surface area contributed by atoms with E-state index < -0.39 is 0 Å². The molecule has 1 aliphatic heterocycles. The Morgan fingerprint density at radius 1 is 1.39 bits per heavy atom. The molecule has 1 aromatic carbocycles. The Balaban J connectivity index is 0.00000242. The molecule has 8 heteroatoms. The van der Waals surface area contributed by atoms with Crippen LogP contribution in [0.1, 0.15) is 23.2 Å². The third-order valence-corrected chi connectivity index (χ3v) is 4.29. The maximum Gasteiger partial charge on any atom is 0.257 e. The molecule has 0 aliphatic carbocycles. The van der Waals surface area contributed by atoms with Crippen LogP contribution in [0.2, 0.25) is 5.02 Å². The predicted molar refractivity (Wildman–Crippen MR) is 99.5 cm³/mol. The van der Waals surface area contributed by atoms with Crippen molar-refractivity contribution in [1.82, 2.24) is 9.80 Å². The first kappa shape index (κ1) is 22.1. The van der Waals surface area contributed by atoms with Crippen LogP contribution in [-0.4, -0.2) is 56.0 Å². The van der Waals surface area contributed by atoms with Gasteiger partial charge in [-0.2, -0.15) is 0 Å². The monoisotopic (exact) mass is 383 g/mol. The maximum absolute atomic E-state index is 12.7. The van der Waals surface area contributed by atoms with Crippen LogP contribution in [0, 0.1) is 0 Å². The Hall–Kier alpha value is -0.880. The number of hydrogen-bond acceptors (Lipinski definition) is 4. The molecule has 1 saturated heterocycles. The Labute approximate surface area is 154 Å². The zero-order chi connectivity index (χ0) is 15.6. The first-order chi connectivity index (χ1) is 9.93.